The molecule has 0 fully saturated rings. The summed E-state index contributed by atoms with van der Waals surface area (Å²) in [6, 6.07) is 0.455. The van der Waals surface area contributed by atoms with Crippen LogP contribution in [-0.4, -0.2) is 25.6 Å². The molecule has 2 N–H and O–H groups in total. The zero-order valence-electron chi connectivity index (χ0n) is 12.2. The third kappa shape index (κ3) is 10.9. The molecule has 0 bridgehead atoms. The van der Waals surface area contributed by atoms with Crippen molar-refractivity contribution in [2.45, 2.75) is 53.5 Å². The first-order valence-electron chi connectivity index (χ1n) is 6.44. The van der Waals surface area contributed by atoms with Gasteiger partial charge in [-0.05, 0) is 31.6 Å². The van der Waals surface area contributed by atoms with Crippen molar-refractivity contribution >= 4 is 29.9 Å². The Labute approximate surface area is 124 Å². The van der Waals surface area contributed by atoms with Gasteiger partial charge in [0.05, 0.1) is 0 Å². The van der Waals surface area contributed by atoms with E-state index >= 15 is 0 Å². The van der Waals surface area contributed by atoms with E-state index in [1.807, 2.05) is 7.05 Å². The number of halogens is 1. The van der Waals surface area contributed by atoms with Gasteiger partial charge in [0.2, 0.25) is 0 Å². The number of rotatable bonds is 6. The SMILES string of the molecule is CN=C(NCCCC(C)C)NC(C)C(C)C.I. The van der Waals surface area contributed by atoms with Crippen molar-refractivity contribution in [1.82, 2.24) is 10.6 Å². The molecule has 4 heteroatoms. The van der Waals surface area contributed by atoms with E-state index in [1.54, 1.807) is 0 Å². The molecule has 0 saturated heterocycles. The molecule has 1 unspecified atom stereocenters. The summed E-state index contributed by atoms with van der Waals surface area (Å²) < 4.78 is 0. The molecule has 3 nitrogen and oxygen atoms in total. The van der Waals surface area contributed by atoms with E-state index in [1.165, 1.54) is 12.8 Å². The zero-order valence-corrected chi connectivity index (χ0v) is 14.5. The van der Waals surface area contributed by atoms with Gasteiger partial charge < -0.3 is 10.6 Å². The molecule has 0 aromatic heterocycles. The van der Waals surface area contributed by atoms with Gasteiger partial charge >= 0.3 is 0 Å². The van der Waals surface area contributed by atoms with Crippen molar-refractivity contribution < 1.29 is 0 Å². The monoisotopic (exact) mass is 355 g/mol. The minimum atomic E-state index is 0. The number of hydrogen-bond acceptors (Lipinski definition) is 1. The molecular weight excluding hydrogens is 325 g/mol. The smallest absolute Gasteiger partial charge is 0.191 e. The molecule has 0 aliphatic heterocycles. The van der Waals surface area contributed by atoms with Crippen LogP contribution in [0.3, 0.4) is 0 Å². The second kappa shape index (κ2) is 11.1. The van der Waals surface area contributed by atoms with Crippen molar-refractivity contribution in [3.8, 4) is 0 Å². The third-order valence-corrected chi connectivity index (χ3v) is 2.84. The molecule has 0 spiro atoms. The van der Waals surface area contributed by atoms with Crippen LogP contribution >= 0.6 is 24.0 Å². The van der Waals surface area contributed by atoms with Crippen molar-refractivity contribution in [1.29, 1.82) is 0 Å². The fourth-order valence-corrected chi connectivity index (χ4v) is 1.29. The molecule has 1 atom stereocenters. The Bertz CT molecular complexity index is 203. The normalized spacial score (nSPS) is 13.5. The van der Waals surface area contributed by atoms with Crippen LogP contribution in [0.4, 0.5) is 0 Å². The van der Waals surface area contributed by atoms with Crippen LogP contribution in [0.25, 0.3) is 0 Å². The second-order valence-corrected chi connectivity index (χ2v) is 5.21. The number of aliphatic imine (C=N–C) groups is 1. The molecule has 104 valence electrons. The van der Waals surface area contributed by atoms with Gasteiger partial charge in [0, 0.05) is 19.6 Å². The Hall–Kier alpha value is 0. The molecule has 0 saturated carbocycles. The van der Waals surface area contributed by atoms with Crippen LogP contribution in [-0.2, 0) is 0 Å². The van der Waals surface area contributed by atoms with E-state index < -0.39 is 0 Å². The lowest BCUT2D eigenvalue weighted by atomic mass is 10.1. The van der Waals surface area contributed by atoms with E-state index in [-0.39, 0.29) is 24.0 Å². The van der Waals surface area contributed by atoms with Crippen LogP contribution in [0.5, 0.6) is 0 Å². The largest absolute Gasteiger partial charge is 0.356 e. The molecule has 0 amide bonds. The van der Waals surface area contributed by atoms with Gasteiger partial charge in [0.25, 0.3) is 0 Å². The predicted octanol–water partition coefficient (Wildman–Crippen LogP) is 3.25. The molecule has 0 aromatic carbocycles. The van der Waals surface area contributed by atoms with Crippen molar-refractivity contribution in [2.75, 3.05) is 13.6 Å². The summed E-state index contributed by atoms with van der Waals surface area (Å²) in [6.07, 6.45) is 2.47. The topological polar surface area (TPSA) is 36.4 Å². The Morgan fingerprint density at radius 3 is 2.12 bits per heavy atom. The number of nitrogens with one attached hydrogen (secondary N) is 2. The van der Waals surface area contributed by atoms with Crippen LogP contribution in [0.1, 0.15) is 47.5 Å². The first kappa shape index (κ1) is 19.3. The fourth-order valence-electron chi connectivity index (χ4n) is 1.29. The zero-order chi connectivity index (χ0) is 12.6. The molecule has 17 heavy (non-hydrogen) atoms. The highest BCUT2D eigenvalue weighted by Crippen LogP contribution is 2.02. The summed E-state index contributed by atoms with van der Waals surface area (Å²) in [4.78, 5) is 4.22. The number of hydrogen-bond donors (Lipinski definition) is 2. The van der Waals surface area contributed by atoms with E-state index in [0.29, 0.717) is 12.0 Å². The Morgan fingerprint density at radius 2 is 1.71 bits per heavy atom. The number of guanidine groups is 1. The standard InChI is InChI=1S/C13H29N3.HI/c1-10(2)8-7-9-15-13(14-6)16-12(5)11(3)4;/h10-12H,7-9H2,1-6H3,(H2,14,15,16);1H. The van der Waals surface area contributed by atoms with Gasteiger partial charge in [-0.2, -0.15) is 0 Å². The lowest BCUT2D eigenvalue weighted by Gasteiger charge is -2.20. The quantitative estimate of drug-likeness (QED) is 0.332. The molecule has 0 rings (SSSR count). The summed E-state index contributed by atoms with van der Waals surface area (Å²) >= 11 is 0. The molecular formula is C13H30IN3. The van der Waals surface area contributed by atoms with Gasteiger partial charge in [-0.1, -0.05) is 27.7 Å². The van der Waals surface area contributed by atoms with Crippen LogP contribution < -0.4 is 10.6 Å². The van der Waals surface area contributed by atoms with Gasteiger partial charge in [0.1, 0.15) is 0 Å². The molecule has 0 radical (unpaired) electrons. The summed E-state index contributed by atoms with van der Waals surface area (Å²) in [5.41, 5.74) is 0. The predicted molar refractivity (Wildman–Crippen MR) is 88.3 cm³/mol. The number of nitrogens with zero attached hydrogens (tertiary/aromatic N) is 1. The Balaban J connectivity index is 0. The second-order valence-electron chi connectivity index (χ2n) is 5.21. The van der Waals surface area contributed by atoms with E-state index in [9.17, 15) is 0 Å². The highest BCUT2D eigenvalue weighted by Gasteiger charge is 2.08. The minimum absolute atomic E-state index is 0. The average molecular weight is 355 g/mol. The maximum absolute atomic E-state index is 4.22. The minimum Gasteiger partial charge on any atom is -0.356 e. The van der Waals surface area contributed by atoms with Crippen LogP contribution in [0.2, 0.25) is 0 Å². The maximum Gasteiger partial charge on any atom is 0.191 e. The average Bonchev–Trinajstić information content (AvgIpc) is 2.21. The van der Waals surface area contributed by atoms with Crippen LogP contribution in [0.15, 0.2) is 4.99 Å². The Kier molecular flexibility index (Phi) is 12.6. The fraction of sp³-hybridized carbons (Fsp3) is 0.923. The summed E-state index contributed by atoms with van der Waals surface area (Å²) in [5, 5.41) is 6.74. The lowest BCUT2D eigenvalue weighted by molar-refractivity contribution is 0.478. The summed E-state index contributed by atoms with van der Waals surface area (Å²) in [6.45, 7) is 12.1. The Morgan fingerprint density at radius 1 is 1.12 bits per heavy atom. The van der Waals surface area contributed by atoms with E-state index in [2.05, 4.69) is 50.2 Å². The first-order chi connectivity index (χ1) is 7.47. The van der Waals surface area contributed by atoms with Gasteiger partial charge in [-0.15, -0.1) is 24.0 Å². The molecule has 0 aliphatic carbocycles. The van der Waals surface area contributed by atoms with Crippen LogP contribution in [0, 0.1) is 11.8 Å². The summed E-state index contributed by atoms with van der Waals surface area (Å²) in [5.74, 6) is 2.32. The highest BCUT2D eigenvalue weighted by molar-refractivity contribution is 14.0. The molecule has 0 aliphatic rings. The van der Waals surface area contributed by atoms with Crippen molar-refractivity contribution in [3.05, 3.63) is 0 Å². The van der Waals surface area contributed by atoms with Gasteiger partial charge in [-0.25, -0.2) is 0 Å². The molecule has 0 heterocycles. The van der Waals surface area contributed by atoms with Gasteiger partial charge in [0.15, 0.2) is 5.96 Å². The van der Waals surface area contributed by atoms with Gasteiger partial charge in [-0.3, -0.25) is 4.99 Å². The molecule has 0 aromatic rings. The first-order valence-corrected chi connectivity index (χ1v) is 6.44. The van der Waals surface area contributed by atoms with E-state index in [4.69, 9.17) is 0 Å². The van der Waals surface area contributed by atoms with Crippen molar-refractivity contribution in [2.24, 2.45) is 16.8 Å². The van der Waals surface area contributed by atoms with Crippen molar-refractivity contribution in [3.63, 3.8) is 0 Å². The lowest BCUT2D eigenvalue weighted by Crippen LogP contribution is -2.44. The maximum atomic E-state index is 4.22. The summed E-state index contributed by atoms with van der Waals surface area (Å²) in [7, 11) is 1.82. The highest BCUT2D eigenvalue weighted by atomic mass is 127. The third-order valence-electron chi connectivity index (χ3n) is 2.84. The van der Waals surface area contributed by atoms with E-state index in [0.717, 1.165) is 18.4 Å².